The van der Waals surface area contributed by atoms with E-state index in [0.29, 0.717) is 25.9 Å². The Morgan fingerprint density at radius 2 is 2.00 bits per heavy atom. The summed E-state index contributed by atoms with van der Waals surface area (Å²) in [6.45, 7) is 2.81. The van der Waals surface area contributed by atoms with Crippen molar-refractivity contribution < 1.29 is 18.7 Å². The van der Waals surface area contributed by atoms with Crippen LogP contribution in [0.25, 0.3) is 0 Å². The van der Waals surface area contributed by atoms with Crippen molar-refractivity contribution in [3.05, 3.63) is 29.6 Å². The summed E-state index contributed by atoms with van der Waals surface area (Å²) in [5.74, 6) is -0.701. The summed E-state index contributed by atoms with van der Waals surface area (Å²) in [5, 5.41) is 2.87. The molecule has 5 nitrogen and oxygen atoms in total. The number of halogens is 1. The predicted molar refractivity (Wildman–Crippen MR) is 75.7 cm³/mol. The highest BCUT2D eigenvalue weighted by Gasteiger charge is 2.22. The molecule has 1 aliphatic heterocycles. The van der Waals surface area contributed by atoms with Crippen LogP contribution in [-0.2, 0) is 4.79 Å². The van der Waals surface area contributed by atoms with Gasteiger partial charge in [0.25, 0.3) is 5.91 Å². The molecule has 0 saturated carbocycles. The summed E-state index contributed by atoms with van der Waals surface area (Å²) in [4.78, 5) is 25.1. The van der Waals surface area contributed by atoms with Crippen LogP contribution in [0, 0.1) is 5.82 Å². The van der Waals surface area contributed by atoms with E-state index in [1.165, 1.54) is 25.3 Å². The van der Waals surface area contributed by atoms with Gasteiger partial charge in [-0.15, -0.1) is 0 Å². The SMILES string of the molecule is COc1ccc(C(=O)NC2CCN(C(C)=O)CC2)cc1F. The average Bonchev–Trinajstić information content (AvgIpc) is 2.47. The van der Waals surface area contributed by atoms with Crippen LogP contribution in [0.2, 0.25) is 0 Å². The van der Waals surface area contributed by atoms with Gasteiger partial charge in [0, 0.05) is 31.6 Å². The van der Waals surface area contributed by atoms with E-state index in [1.807, 2.05) is 0 Å². The molecular weight excluding hydrogens is 275 g/mol. The number of methoxy groups -OCH3 is 1. The Balaban J connectivity index is 1.93. The lowest BCUT2D eigenvalue weighted by Gasteiger charge is -2.31. The Morgan fingerprint density at radius 1 is 1.33 bits per heavy atom. The van der Waals surface area contributed by atoms with Gasteiger partial charge in [0.2, 0.25) is 5.91 Å². The molecule has 0 spiro atoms. The molecule has 1 N–H and O–H groups in total. The minimum atomic E-state index is -0.559. The third kappa shape index (κ3) is 3.71. The number of nitrogens with zero attached hydrogens (tertiary/aromatic N) is 1. The average molecular weight is 294 g/mol. The number of carbonyl (C=O) groups excluding carboxylic acids is 2. The van der Waals surface area contributed by atoms with E-state index in [1.54, 1.807) is 11.8 Å². The highest BCUT2D eigenvalue weighted by molar-refractivity contribution is 5.94. The molecule has 2 amide bonds. The van der Waals surface area contributed by atoms with Gasteiger partial charge < -0.3 is 15.0 Å². The quantitative estimate of drug-likeness (QED) is 0.920. The normalized spacial score (nSPS) is 15.7. The Bertz CT molecular complexity index is 540. The molecule has 1 aromatic rings. The highest BCUT2D eigenvalue weighted by atomic mass is 19.1. The van der Waals surface area contributed by atoms with Crippen LogP contribution < -0.4 is 10.1 Å². The number of piperidine rings is 1. The van der Waals surface area contributed by atoms with Gasteiger partial charge in [-0.05, 0) is 31.0 Å². The van der Waals surface area contributed by atoms with Gasteiger partial charge in [-0.2, -0.15) is 0 Å². The maximum Gasteiger partial charge on any atom is 0.251 e. The molecule has 1 aliphatic rings. The second kappa shape index (κ2) is 6.56. The van der Waals surface area contributed by atoms with Crippen LogP contribution in [0.1, 0.15) is 30.1 Å². The molecular formula is C15H19FN2O3. The van der Waals surface area contributed by atoms with Crippen molar-refractivity contribution in [3.8, 4) is 5.75 Å². The summed E-state index contributed by atoms with van der Waals surface area (Å²) < 4.78 is 18.4. The van der Waals surface area contributed by atoms with E-state index in [9.17, 15) is 14.0 Å². The Morgan fingerprint density at radius 3 is 2.52 bits per heavy atom. The first-order valence-corrected chi connectivity index (χ1v) is 6.91. The molecule has 114 valence electrons. The summed E-state index contributed by atoms with van der Waals surface area (Å²) in [6, 6.07) is 4.14. The monoisotopic (exact) mass is 294 g/mol. The van der Waals surface area contributed by atoms with E-state index in [2.05, 4.69) is 5.32 Å². The lowest BCUT2D eigenvalue weighted by atomic mass is 10.0. The van der Waals surface area contributed by atoms with Crippen LogP contribution in [0.15, 0.2) is 18.2 Å². The topological polar surface area (TPSA) is 58.6 Å². The molecule has 1 aromatic carbocycles. The first-order chi connectivity index (χ1) is 10.0. The number of hydrogen-bond donors (Lipinski definition) is 1. The number of rotatable bonds is 3. The minimum absolute atomic E-state index is 0.0123. The number of carbonyl (C=O) groups is 2. The standard InChI is InChI=1S/C15H19FN2O3/c1-10(19)18-7-5-12(6-8-18)17-15(20)11-3-4-14(21-2)13(16)9-11/h3-4,9,12H,5-8H2,1-2H3,(H,17,20). The Labute approximate surface area is 123 Å². The molecule has 1 heterocycles. The largest absolute Gasteiger partial charge is 0.494 e. The lowest BCUT2D eigenvalue weighted by molar-refractivity contribution is -0.129. The molecule has 1 saturated heterocycles. The van der Waals surface area contributed by atoms with E-state index >= 15 is 0 Å². The third-order valence-electron chi connectivity index (χ3n) is 3.69. The Hall–Kier alpha value is -2.11. The lowest BCUT2D eigenvalue weighted by Crippen LogP contribution is -2.46. The fourth-order valence-electron chi connectivity index (χ4n) is 2.42. The van der Waals surface area contributed by atoms with Crippen molar-refractivity contribution in [1.82, 2.24) is 10.2 Å². The second-order valence-corrected chi connectivity index (χ2v) is 5.10. The highest BCUT2D eigenvalue weighted by Crippen LogP contribution is 2.18. The first kappa shape index (κ1) is 15.3. The van der Waals surface area contributed by atoms with Crippen LogP contribution in [-0.4, -0.2) is 43.0 Å². The third-order valence-corrected chi connectivity index (χ3v) is 3.69. The maximum atomic E-state index is 13.6. The summed E-state index contributed by atoms with van der Waals surface area (Å²) in [6.07, 6.45) is 1.42. The molecule has 0 radical (unpaired) electrons. The zero-order valence-electron chi connectivity index (χ0n) is 12.2. The van der Waals surface area contributed by atoms with Gasteiger partial charge in [-0.25, -0.2) is 4.39 Å². The number of hydrogen-bond acceptors (Lipinski definition) is 3. The molecule has 6 heteroatoms. The number of likely N-dealkylation sites (tertiary alicyclic amines) is 1. The van der Waals surface area contributed by atoms with Gasteiger partial charge in [0.05, 0.1) is 7.11 Å². The van der Waals surface area contributed by atoms with Crippen molar-refractivity contribution >= 4 is 11.8 Å². The first-order valence-electron chi connectivity index (χ1n) is 6.91. The molecule has 2 rings (SSSR count). The van der Waals surface area contributed by atoms with E-state index in [4.69, 9.17) is 4.74 Å². The molecule has 1 fully saturated rings. The van der Waals surface area contributed by atoms with Gasteiger partial charge in [-0.3, -0.25) is 9.59 Å². The smallest absolute Gasteiger partial charge is 0.251 e. The van der Waals surface area contributed by atoms with Crippen molar-refractivity contribution in [2.45, 2.75) is 25.8 Å². The summed E-state index contributed by atoms with van der Waals surface area (Å²) in [7, 11) is 1.38. The number of ether oxygens (including phenoxy) is 1. The van der Waals surface area contributed by atoms with E-state index in [0.717, 1.165) is 0 Å². The number of benzene rings is 1. The predicted octanol–water partition coefficient (Wildman–Crippen LogP) is 1.57. The number of amides is 2. The van der Waals surface area contributed by atoms with Crippen LogP contribution in [0.3, 0.4) is 0 Å². The van der Waals surface area contributed by atoms with Crippen LogP contribution in [0.4, 0.5) is 4.39 Å². The molecule has 0 aromatic heterocycles. The number of nitrogens with one attached hydrogen (secondary N) is 1. The second-order valence-electron chi connectivity index (χ2n) is 5.10. The molecule has 0 unspecified atom stereocenters. The maximum absolute atomic E-state index is 13.6. The molecule has 0 atom stereocenters. The van der Waals surface area contributed by atoms with Crippen molar-refractivity contribution in [2.75, 3.05) is 20.2 Å². The zero-order valence-corrected chi connectivity index (χ0v) is 12.2. The molecule has 21 heavy (non-hydrogen) atoms. The van der Waals surface area contributed by atoms with Crippen molar-refractivity contribution in [2.24, 2.45) is 0 Å². The minimum Gasteiger partial charge on any atom is -0.494 e. The Kier molecular flexibility index (Phi) is 4.77. The molecule has 0 bridgehead atoms. The van der Waals surface area contributed by atoms with Crippen molar-refractivity contribution in [1.29, 1.82) is 0 Å². The fourth-order valence-corrected chi connectivity index (χ4v) is 2.42. The zero-order chi connectivity index (χ0) is 15.4. The van der Waals surface area contributed by atoms with Crippen LogP contribution in [0.5, 0.6) is 5.75 Å². The van der Waals surface area contributed by atoms with E-state index < -0.39 is 5.82 Å². The van der Waals surface area contributed by atoms with Gasteiger partial charge in [-0.1, -0.05) is 0 Å². The van der Waals surface area contributed by atoms with Crippen molar-refractivity contribution in [3.63, 3.8) is 0 Å². The molecule has 0 aliphatic carbocycles. The summed E-state index contributed by atoms with van der Waals surface area (Å²) in [5.41, 5.74) is 0.266. The van der Waals surface area contributed by atoms with Gasteiger partial charge >= 0.3 is 0 Å². The fraction of sp³-hybridized carbons (Fsp3) is 0.467. The summed E-state index contributed by atoms with van der Waals surface area (Å²) >= 11 is 0. The van der Waals surface area contributed by atoms with Gasteiger partial charge in [0.1, 0.15) is 0 Å². The van der Waals surface area contributed by atoms with Gasteiger partial charge in [0.15, 0.2) is 11.6 Å². The van der Waals surface area contributed by atoms with E-state index in [-0.39, 0.29) is 29.2 Å². The van der Waals surface area contributed by atoms with Crippen LogP contribution >= 0.6 is 0 Å².